The maximum atomic E-state index is 13.4. The van der Waals surface area contributed by atoms with Crippen LogP contribution in [-0.2, 0) is 0 Å². The Bertz CT molecular complexity index is 785. The minimum Gasteiger partial charge on any atom is -0.497 e. The zero-order valence-electron chi connectivity index (χ0n) is 16.1. The van der Waals surface area contributed by atoms with Crippen LogP contribution >= 0.6 is 11.8 Å². The van der Waals surface area contributed by atoms with Gasteiger partial charge < -0.3 is 19.5 Å². The van der Waals surface area contributed by atoms with Gasteiger partial charge in [-0.05, 0) is 56.3 Å². The smallest absolute Gasteiger partial charge is 0.270 e. The van der Waals surface area contributed by atoms with Gasteiger partial charge in [-0.1, -0.05) is 6.42 Å². The van der Waals surface area contributed by atoms with E-state index in [4.69, 9.17) is 4.74 Å². The minimum absolute atomic E-state index is 0.134. The number of methoxy groups -OCH3 is 1. The van der Waals surface area contributed by atoms with E-state index >= 15 is 0 Å². The van der Waals surface area contributed by atoms with Gasteiger partial charge in [0.05, 0.1) is 13.2 Å². The van der Waals surface area contributed by atoms with Crippen LogP contribution in [0.3, 0.4) is 0 Å². The van der Waals surface area contributed by atoms with Crippen LogP contribution < -0.4 is 4.74 Å². The summed E-state index contributed by atoms with van der Waals surface area (Å²) in [5.41, 5.74) is 1.64. The van der Waals surface area contributed by atoms with Crippen LogP contribution in [0.15, 0.2) is 24.3 Å². The molecule has 1 atom stereocenters. The van der Waals surface area contributed by atoms with E-state index in [2.05, 4.69) is 14.8 Å². The highest BCUT2D eigenvalue weighted by atomic mass is 32.2. The zero-order valence-corrected chi connectivity index (χ0v) is 16.9. The van der Waals surface area contributed by atoms with Crippen LogP contribution in [0.1, 0.15) is 36.2 Å². The molecule has 3 heterocycles. The van der Waals surface area contributed by atoms with Crippen LogP contribution in [0.4, 0.5) is 0 Å². The summed E-state index contributed by atoms with van der Waals surface area (Å²) in [4.78, 5) is 21.4. The van der Waals surface area contributed by atoms with Gasteiger partial charge in [0, 0.05) is 35.8 Å². The molecule has 2 aliphatic heterocycles. The van der Waals surface area contributed by atoms with Crippen molar-refractivity contribution in [2.45, 2.75) is 31.7 Å². The van der Waals surface area contributed by atoms with Crippen molar-refractivity contribution in [3.63, 3.8) is 0 Å². The number of carbonyl (C=O) groups is 1. The van der Waals surface area contributed by atoms with E-state index in [1.54, 1.807) is 7.11 Å². The fourth-order valence-corrected chi connectivity index (χ4v) is 5.25. The number of ether oxygens (including phenoxy) is 1. The van der Waals surface area contributed by atoms with Crippen molar-refractivity contribution in [2.24, 2.45) is 0 Å². The number of aromatic nitrogens is 1. The van der Waals surface area contributed by atoms with Crippen LogP contribution in [0.25, 0.3) is 10.9 Å². The molecular formula is C21H29N3O2S. The largest absolute Gasteiger partial charge is 0.497 e. The monoisotopic (exact) mass is 387 g/mol. The highest BCUT2D eigenvalue weighted by molar-refractivity contribution is 7.99. The zero-order chi connectivity index (χ0) is 18.6. The summed E-state index contributed by atoms with van der Waals surface area (Å²) >= 11 is 1.99. The van der Waals surface area contributed by atoms with Crippen LogP contribution in [0.5, 0.6) is 5.75 Å². The van der Waals surface area contributed by atoms with Gasteiger partial charge in [0.25, 0.3) is 5.91 Å². The molecule has 4 rings (SSSR count). The molecule has 2 aromatic rings. The standard InChI is InChI=1S/C21H29N3O2S/c1-26-18-7-6-16-12-20(22-19(16)13-18)21(25)24-10-5-11-27-15-17(24)14-23-8-3-2-4-9-23/h6-7,12-13,17,22H,2-5,8-11,14-15H2,1H3. The van der Waals surface area contributed by atoms with E-state index in [0.717, 1.165) is 47.7 Å². The molecule has 2 saturated heterocycles. The third kappa shape index (κ3) is 4.27. The molecule has 1 unspecified atom stereocenters. The summed E-state index contributed by atoms with van der Waals surface area (Å²) in [6.07, 6.45) is 4.99. The van der Waals surface area contributed by atoms with Gasteiger partial charge in [-0.15, -0.1) is 0 Å². The Balaban J connectivity index is 1.55. The quantitative estimate of drug-likeness (QED) is 0.871. The van der Waals surface area contributed by atoms with Gasteiger partial charge in [0.15, 0.2) is 0 Å². The Hall–Kier alpha value is -1.66. The maximum Gasteiger partial charge on any atom is 0.270 e. The second-order valence-corrected chi connectivity index (χ2v) is 8.73. The van der Waals surface area contributed by atoms with E-state index in [-0.39, 0.29) is 5.91 Å². The fraction of sp³-hybridized carbons (Fsp3) is 0.571. The lowest BCUT2D eigenvalue weighted by Gasteiger charge is -2.35. The molecule has 5 nitrogen and oxygen atoms in total. The van der Waals surface area contributed by atoms with Crippen LogP contribution in [-0.4, -0.2) is 71.5 Å². The topological polar surface area (TPSA) is 48.6 Å². The van der Waals surface area contributed by atoms with Crippen molar-refractivity contribution in [1.82, 2.24) is 14.8 Å². The first-order chi connectivity index (χ1) is 13.2. The Morgan fingerprint density at radius 1 is 1.19 bits per heavy atom. The molecule has 1 N–H and O–H groups in total. The Kier molecular flexibility index (Phi) is 5.93. The normalized spacial score (nSPS) is 22.0. The van der Waals surface area contributed by atoms with E-state index in [9.17, 15) is 4.79 Å². The molecule has 2 aliphatic rings. The second-order valence-electron chi connectivity index (χ2n) is 7.58. The lowest BCUT2D eigenvalue weighted by atomic mass is 10.1. The molecule has 0 aliphatic carbocycles. The Morgan fingerprint density at radius 2 is 2.04 bits per heavy atom. The molecule has 6 heteroatoms. The number of carbonyl (C=O) groups excluding carboxylic acids is 1. The number of nitrogens with one attached hydrogen (secondary N) is 1. The minimum atomic E-state index is 0.134. The lowest BCUT2D eigenvalue weighted by molar-refractivity contribution is 0.0640. The van der Waals surface area contributed by atoms with Crippen molar-refractivity contribution in [1.29, 1.82) is 0 Å². The molecule has 1 aromatic carbocycles. The predicted octanol–water partition coefficient (Wildman–Crippen LogP) is 3.61. The average Bonchev–Trinajstić information content (AvgIpc) is 3.00. The molecule has 0 spiro atoms. The summed E-state index contributed by atoms with van der Waals surface area (Å²) in [5.74, 6) is 3.12. The predicted molar refractivity (Wildman–Crippen MR) is 112 cm³/mol. The molecule has 27 heavy (non-hydrogen) atoms. The molecule has 2 fully saturated rings. The van der Waals surface area contributed by atoms with Crippen LogP contribution in [0.2, 0.25) is 0 Å². The van der Waals surface area contributed by atoms with Crippen LogP contribution in [0, 0.1) is 0 Å². The van der Waals surface area contributed by atoms with E-state index < -0.39 is 0 Å². The average molecular weight is 388 g/mol. The van der Waals surface area contributed by atoms with Gasteiger partial charge >= 0.3 is 0 Å². The van der Waals surface area contributed by atoms with E-state index in [0.29, 0.717) is 11.7 Å². The van der Waals surface area contributed by atoms with E-state index in [1.807, 2.05) is 36.0 Å². The number of thioether (sulfide) groups is 1. The van der Waals surface area contributed by atoms with Crippen molar-refractivity contribution in [3.05, 3.63) is 30.0 Å². The number of amides is 1. The van der Waals surface area contributed by atoms with Gasteiger partial charge in [-0.25, -0.2) is 0 Å². The van der Waals surface area contributed by atoms with Gasteiger partial charge in [0.1, 0.15) is 11.4 Å². The summed E-state index contributed by atoms with van der Waals surface area (Å²) < 4.78 is 5.30. The lowest BCUT2D eigenvalue weighted by Crippen LogP contribution is -2.49. The molecule has 0 radical (unpaired) electrons. The third-order valence-electron chi connectivity index (χ3n) is 5.68. The first kappa shape index (κ1) is 18.7. The number of fused-ring (bicyclic) bond motifs is 1. The second kappa shape index (κ2) is 8.57. The highest BCUT2D eigenvalue weighted by Crippen LogP contribution is 2.25. The first-order valence-corrected chi connectivity index (χ1v) is 11.2. The molecular weight excluding hydrogens is 358 g/mol. The first-order valence-electron chi connectivity index (χ1n) is 10.0. The number of hydrogen-bond acceptors (Lipinski definition) is 4. The van der Waals surface area contributed by atoms with Crippen molar-refractivity contribution < 1.29 is 9.53 Å². The number of hydrogen-bond donors (Lipinski definition) is 1. The van der Waals surface area contributed by atoms with Crippen molar-refractivity contribution >= 4 is 28.6 Å². The number of likely N-dealkylation sites (tertiary alicyclic amines) is 1. The fourth-order valence-electron chi connectivity index (χ4n) is 4.19. The Morgan fingerprint density at radius 3 is 2.85 bits per heavy atom. The molecule has 1 amide bonds. The van der Waals surface area contributed by atoms with Gasteiger partial charge in [-0.2, -0.15) is 11.8 Å². The molecule has 146 valence electrons. The molecule has 1 aromatic heterocycles. The van der Waals surface area contributed by atoms with Crippen molar-refractivity contribution in [3.8, 4) is 5.75 Å². The Labute approximate surface area is 165 Å². The summed E-state index contributed by atoms with van der Waals surface area (Å²) in [6.45, 7) is 4.21. The number of benzene rings is 1. The number of nitrogens with zero attached hydrogens (tertiary/aromatic N) is 2. The van der Waals surface area contributed by atoms with E-state index in [1.165, 1.54) is 32.4 Å². The number of piperidine rings is 1. The maximum absolute atomic E-state index is 13.4. The number of aromatic amines is 1. The number of rotatable bonds is 4. The van der Waals surface area contributed by atoms with Crippen molar-refractivity contribution in [2.75, 3.05) is 44.8 Å². The SMILES string of the molecule is COc1ccc2cc(C(=O)N3CCCSCC3CN3CCCCC3)[nH]c2c1. The summed E-state index contributed by atoms with van der Waals surface area (Å²) in [6, 6.07) is 8.17. The summed E-state index contributed by atoms with van der Waals surface area (Å²) in [7, 11) is 1.66. The highest BCUT2D eigenvalue weighted by Gasteiger charge is 2.29. The number of H-pyrrole nitrogens is 1. The molecule has 0 saturated carbocycles. The molecule has 0 bridgehead atoms. The third-order valence-corrected chi connectivity index (χ3v) is 6.88. The summed E-state index contributed by atoms with van der Waals surface area (Å²) in [5, 5.41) is 1.05. The van der Waals surface area contributed by atoms with Gasteiger partial charge in [-0.3, -0.25) is 4.79 Å². The van der Waals surface area contributed by atoms with Gasteiger partial charge in [0.2, 0.25) is 0 Å².